The fourth-order valence-corrected chi connectivity index (χ4v) is 3.58. The third-order valence-corrected chi connectivity index (χ3v) is 5.15. The molecule has 0 unspecified atom stereocenters. The summed E-state index contributed by atoms with van der Waals surface area (Å²) in [7, 11) is 0. The lowest BCUT2D eigenvalue weighted by molar-refractivity contribution is -0.134. The summed E-state index contributed by atoms with van der Waals surface area (Å²) in [6, 6.07) is 18.7. The molecule has 0 aliphatic carbocycles. The van der Waals surface area contributed by atoms with E-state index in [-0.39, 0.29) is 18.2 Å². The Morgan fingerprint density at radius 1 is 1.10 bits per heavy atom. The standard InChI is InChI=1S/C24H25N3O4/c28-23(26-15-19-9-12-30-17-19)14-22-24(29)25-10-11-27(22)16-18-5-4-8-21(13-18)31-20-6-2-1-3-7-20/h1-9,12-13,17,22H,10-11,14-16H2,(H,25,29)(H,26,28)/t22-/m1/s1. The molecule has 2 heterocycles. The minimum absolute atomic E-state index is 0.101. The van der Waals surface area contributed by atoms with Crippen LogP contribution in [-0.2, 0) is 22.7 Å². The minimum Gasteiger partial charge on any atom is -0.472 e. The van der Waals surface area contributed by atoms with Gasteiger partial charge in [-0.15, -0.1) is 0 Å². The Kier molecular flexibility index (Phi) is 6.64. The molecule has 0 saturated carbocycles. The van der Waals surface area contributed by atoms with Gasteiger partial charge in [0.2, 0.25) is 11.8 Å². The van der Waals surface area contributed by atoms with E-state index < -0.39 is 6.04 Å². The van der Waals surface area contributed by atoms with Crippen LogP contribution < -0.4 is 15.4 Å². The van der Waals surface area contributed by atoms with E-state index in [0.717, 1.165) is 22.6 Å². The molecule has 1 aromatic heterocycles. The molecule has 7 nitrogen and oxygen atoms in total. The Labute approximate surface area is 181 Å². The summed E-state index contributed by atoms with van der Waals surface area (Å²) in [6.07, 6.45) is 3.25. The first-order valence-corrected chi connectivity index (χ1v) is 10.3. The van der Waals surface area contributed by atoms with Crippen LogP contribution in [0.5, 0.6) is 11.5 Å². The van der Waals surface area contributed by atoms with E-state index in [2.05, 4.69) is 10.6 Å². The largest absolute Gasteiger partial charge is 0.472 e. The number of benzene rings is 2. The van der Waals surface area contributed by atoms with Crippen LogP contribution in [0.1, 0.15) is 17.5 Å². The monoisotopic (exact) mass is 419 g/mol. The van der Waals surface area contributed by atoms with Gasteiger partial charge >= 0.3 is 0 Å². The van der Waals surface area contributed by atoms with E-state index in [1.165, 1.54) is 0 Å². The Balaban J connectivity index is 1.39. The van der Waals surface area contributed by atoms with Gasteiger partial charge in [-0.1, -0.05) is 30.3 Å². The molecule has 160 valence electrons. The van der Waals surface area contributed by atoms with Crippen LogP contribution in [0.3, 0.4) is 0 Å². The molecule has 4 rings (SSSR count). The molecule has 3 aromatic rings. The van der Waals surface area contributed by atoms with E-state index in [1.54, 1.807) is 18.6 Å². The lowest BCUT2D eigenvalue weighted by Crippen LogP contribution is -2.56. The van der Waals surface area contributed by atoms with Crippen LogP contribution in [-0.4, -0.2) is 35.8 Å². The van der Waals surface area contributed by atoms with Crippen LogP contribution in [0, 0.1) is 0 Å². The van der Waals surface area contributed by atoms with Crippen molar-refractivity contribution in [3.63, 3.8) is 0 Å². The zero-order valence-electron chi connectivity index (χ0n) is 17.1. The third-order valence-electron chi connectivity index (χ3n) is 5.15. The summed E-state index contributed by atoms with van der Waals surface area (Å²) in [6.45, 7) is 2.17. The lowest BCUT2D eigenvalue weighted by atomic mass is 10.1. The van der Waals surface area contributed by atoms with Gasteiger partial charge in [-0.2, -0.15) is 0 Å². The zero-order chi connectivity index (χ0) is 21.5. The SMILES string of the molecule is O=C(C[C@@H]1C(=O)NCCN1Cc1cccc(Oc2ccccc2)c1)NCc1ccoc1. The van der Waals surface area contributed by atoms with Crippen molar-refractivity contribution in [2.24, 2.45) is 0 Å². The number of carbonyl (C=O) groups excluding carboxylic acids is 2. The van der Waals surface area contributed by atoms with Gasteiger partial charge in [0.05, 0.1) is 25.0 Å². The molecule has 0 bridgehead atoms. The van der Waals surface area contributed by atoms with Crippen molar-refractivity contribution < 1.29 is 18.7 Å². The maximum absolute atomic E-state index is 12.5. The lowest BCUT2D eigenvalue weighted by Gasteiger charge is -2.34. The Hall–Kier alpha value is -3.58. The maximum atomic E-state index is 12.5. The van der Waals surface area contributed by atoms with Gasteiger partial charge in [0.1, 0.15) is 11.5 Å². The van der Waals surface area contributed by atoms with E-state index in [4.69, 9.17) is 9.15 Å². The molecule has 2 aromatic carbocycles. The van der Waals surface area contributed by atoms with E-state index >= 15 is 0 Å². The third kappa shape index (κ3) is 5.73. The zero-order valence-corrected chi connectivity index (χ0v) is 17.1. The van der Waals surface area contributed by atoms with Crippen LogP contribution in [0.2, 0.25) is 0 Å². The number of piperazine rings is 1. The number of nitrogens with one attached hydrogen (secondary N) is 2. The first-order chi connectivity index (χ1) is 15.2. The molecule has 1 fully saturated rings. The van der Waals surface area contributed by atoms with E-state index in [0.29, 0.717) is 26.2 Å². The number of carbonyl (C=O) groups is 2. The predicted molar refractivity (Wildman–Crippen MR) is 115 cm³/mol. The predicted octanol–water partition coefficient (Wildman–Crippen LogP) is 3.08. The number of nitrogens with zero attached hydrogens (tertiary/aromatic N) is 1. The summed E-state index contributed by atoms with van der Waals surface area (Å²) < 4.78 is 10.9. The fourth-order valence-electron chi connectivity index (χ4n) is 3.58. The fraction of sp³-hybridized carbons (Fsp3) is 0.250. The summed E-state index contributed by atoms with van der Waals surface area (Å²) in [5, 5.41) is 5.71. The van der Waals surface area contributed by atoms with Crippen molar-refractivity contribution in [1.29, 1.82) is 0 Å². The number of ether oxygens (including phenoxy) is 1. The molecule has 2 N–H and O–H groups in total. The molecule has 1 aliphatic heterocycles. The Morgan fingerprint density at radius 3 is 2.74 bits per heavy atom. The van der Waals surface area contributed by atoms with Crippen LogP contribution in [0.25, 0.3) is 0 Å². The molecule has 1 saturated heterocycles. The number of hydrogen-bond acceptors (Lipinski definition) is 5. The highest BCUT2D eigenvalue weighted by molar-refractivity contribution is 5.88. The van der Waals surface area contributed by atoms with Crippen molar-refractivity contribution in [2.45, 2.75) is 25.6 Å². The van der Waals surface area contributed by atoms with Crippen LogP contribution in [0.15, 0.2) is 77.6 Å². The maximum Gasteiger partial charge on any atom is 0.237 e. The van der Waals surface area contributed by atoms with Crippen molar-refractivity contribution >= 4 is 11.8 Å². The van der Waals surface area contributed by atoms with Crippen LogP contribution >= 0.6 is 0 Å². The number of rotatable bonds is 8. The summed E-state index contributed by atoms with van der Waals surface area (Å²) >= 11 is 0. The van der Waals surface area contributed by atoms with Crippen LogP contribution in [0.4, 0.5) is 0 Å². The van der Waals surface area contributed by atoms with Crippen molar-refractivity contribution in [1.82, 2.24) is 15.5 Å². The van der Waals surface area contributed by atoms with Gasteiger partial charge < -0.3 is 19.8 Å². The number of amides is 2. The van der Waals surface area contributed by atoms with Gasteiger partial charge in [-0.3, -0.25) is 14.5 Å². The first-order valence-electron chi connectivity index (χ1n) is 10.3. The van der Waals surface area contributed by atoms with E-state index in [1.807, 2.05) is 59.5 Å². The Bertz CT molecular complexity index is 1000. The molecule has 1 atom stereocenters. The summed E-state index contributed by atoms with van der Waals surface area (Å²) in [4.78, 5) is 27.0. The van der Waals surface area contributed by atoms with Crippen molar-refractivity contribution in [3.8, 4) is 11.5 Å². The number of para-hydroxylation sites is 1. The number of hydrogen-bond donors (Lipinski definition) is 2. The van der Waals surface area contributed by atoms with Crippen molar-refractivity contribution in [2.75, 3.05) is 13.1 Å². The summed E-state index contributed by atoms with van der Waals surface area (Å²) in [5.41, 5.74) is 1.90. The summed E-state index contributed by atoms with van der Waals surface area (Å²) in [5.74, 6) is 1.21. The van der Waals surface area contributed by atoms with Gasteiger partial charge in [0, 0.05) is 31.7 Å². The molecule has 0 spiro atoms. The molecule has 0 radical (unpaired) electrons. The van der Waals surface area contributed by atoms with Crippen molar-refractivity contribution in [3.05, 3.63) is 84.3 Å². The van der Waals surface area contributed by atoms with Gasteiger partial charge in [0.15, 0.2) is 0 Å². The highest BCUT2D eigenvalue weighted by Crippen LogP contribution is 2.23. The van der Waals surface area contributed by atoms with Gasteiger partial charge in [0.25, 0.3) is 0 Å². The average Bonchev–Trinajstić information content (AvgIpc) is 3.30. The molecule has 2 amide bonds. The second-order valence-corrected chi connectivity index (χ2v) is 7.45. The topological polar surface area (TPSA) is 83.8 Å². The molecular formula is C24H25N3O4. The van der Waals surface area contributed by atoms with E-state index in [9.17, 15) is 9.59 Å². The quantitative estimate of drug-likeness (QED) is 0.586. The smallest absolute Gasteiger partial charge is 0.237 e. The molecule has 7 heteroatoms. The molecule has 1 aliphatic rings. The van der Waals surface area contributed by atoms with Gasteiger partial charge in [-0.05, 0) is 35.9 Å². The Morgan fingerprint density at radius 2 is 1.94 bits per heavy atom. The second-order valence-electron chi connectivity index (χ2n) is 7.45. The number of furan rings is 1. The minimum atomic E-state index is -0.517. The normalized spacial score (nSPS) is 16.5. The second kappa shape index (κ2) is 9.95. The first kappa shape index (κ1) is 20.7. The van der Waals surface area contributed by atoms with Gasteiger partial charge in [-0.25, -0.2) is 0 Å². The molecular weight excluding hydrogens is 394 g/mol. The highest BCUT2D eigenvalue weighted by Gasteiger charge is 2.31. The molecule has 31 heavy (non-hydrogen) atoms. The highest BCUT2D eigenvalue weighted by atomic mass is 16.5. The average molecular weight is 419 g/mol.